The molecule has 5 aliphatic rings. The van der Waals surface area contributed by atoms with Crippen molar-refractivity contribution >= 4 is 5.91 Å². The maximum Gasteiger partial charge on any atom is 0.416 e. The van der Waals surface area contributed by atoms with Gasteiger partial charge < -0.3 is 19.8 Å². The van der Waals surface area contributed by atoms with Crippen LogP contribution in [0, 0.1) is 17.8 Å². The molecule has 1 spiro atoms. The minimum absolute atomic E-state index is 0.0403. The summed E-state index contributed by atoms with van der Waals surface area (Å²) in [7, 11) is 1.66. The van der Waals surface area contributed by atoms with Crippen molar-refractivity contribution in [2.75, 3.05) is 20.1 Å². The standard InChI is InChI=1S/C31H31F3N2O4/c1-35(25(38)11-6-18-4-8-21(9-5-18)31(32,33)34)22-12-13-30(39)24-16-20-7-10-23(37)27-26(20)29(30,28(22)40-27)14-15-36(24)17-19-2-3-19/h4-5,7-10,19,22,24,28,37,39H,2-3,12-17H2,1H3/t22-,24+,28+,29+,30-/m1/s1. The van der Waals surface area contributed by atoms with Crippen molar-refractivity contribution in [3.05, 3.63) is 58.7 Å². The molecule has 7 rings (SSSR count). The zero-order valence-corrected chi connectivity index (χ0v) is 22.2. The number of likely N-dealkylation sites (N-methyl/N-ethyl adjacent to an activating group) is 1. The number of ether oxygens (including phenoxy) is 1. The van der Waals surface area contributed by atoms with Crippen molar-refractivity contribution in [1.82, 2.24) is 9.80 Å². The molecule has 2 aliphatic heterocycles. The van der Waals surface area contributed by atoms with Gasteiger partial charge in [0.1, 0.15) is 6.10 Å². The largest absolute Gasteiger partial charge is 0.504 e. The fourth-order valence-corrected chi connectivity index (χ4v) is 7.96. The third-order valence-corrected chi connectivity index (χ3v) is 10.1. The van der Waals surface area contributed by atoms with Crippen molar-refractivity contribution in [3.8, 4) is 23.3 Å². The second-order valence-corrected chi connectivity index (χ2v) is 12.1. The molecule has 2 aromatic rings. The summed E-state index contributed by atoms with van der Waals surface area (Å²) < 4.78 is 45.2. The molecule has 3 fully saturated rings. The van der Waals surface area contributed by atoms with Gasteiger partial charge in [-0.25, -0.2) is 0 Å². The monoisotopic (exact) mass is 552 g/mol. The number of phenolic OH excluding ortho intramolecular Hbond substituents is 1. The van der Waals surface area contributed by atoms with Crippen LogP contribution >= 0.6 is 0 Å². The van der Waals surface area contributed by atoms with Gasteiger partial charge in [0.25, 0.3) is 5.91 Å². The van der Waals surface area contributed by atoms with E-state index in [1.165, 1.54) is 25.0 Å². The summed E-state index contributed by atoms with van der Waals surface area (Å²) in [6.45, 7) is 1.80. The SMILES string of the molecule is CN(C(=O)C#Cc1ccc(C(F)(F)F)cc1)[C@@H]1CC[C@@]2(O)[C@@H]3Cc4ccc(O)c5c4[C@@]2(CCN3CC2CC2)[C@H]1O5. The Morgan fingerprint density at radius 2 is 1.90 bits per heavy atom. The lowest BCUT2D eigenvalue weighted by Gasteiger charge is -2.64. The molecular formula is C31H31F3N2O4. The van der Waals surface area contributed by atoms with E-state index in [4.69, 9.17) is 4.74 Å². The Kier molecular flexibility index (Phi) is 5.56. The first-order chi connectivity index (χ1) is 19.0. The molecule has 0 aromatic heterocycles. The number of aromatic hydroxyl groups is 1. The first-order valence-corrected chi connectivity index (χ1v) is 14.0. The molecule has 1 amide bonds. The number of rotatable bonds is 3. The van der Waals surface area contributed by atoms with E-state index in [2.05, 4.69) is 16.7 Å². The molecule has 2 aromatic carbocycles. The Hall–Kier alpha value is -3.22. The van der Waals surface area contributed by atoms with Crippen LogP contribution < -0.4 is 4.74 Å². The molecule has 2 N–H and O–H groups in total. The molecule has 0 radical (unpaired) electrons. The number of aliphatic hydroxyl groups is 1. The average Bonchev–Trinajstić information content (AvgIpc) is 3.67. The van der Waals surface area contributed by atoms with Crippen molar-refractivity contribution in [2.24, 2.45) is 5.92 Å². The van der Waals surface area contributed by atoms with Gasteiger partial charge in [-0.2, -0.15) is 13.2 Å². The molecular weight excluding hydrogens is 521 g/mol. The van der Waals surface area contributed by atoms with E-state index < -0.39 is 40.8 Å². The van der Waals surface area contributed by atoms with E-state index >= 15 is 0 Å². The number of benzene rings is 2. The highest BCUT2D eigenvalue weighted by molar-refractivity contribution is 5.94. The third-order valence-electron chi connectivity index (χ3n) is 10.1. The summed E-state index contributed by atoms with van der Waals surface area (Å²) in [6, 6.07) is 7.54. The number of piperidine rings is 1. The highest BCUT2D eigenvalue weighted by atomic mass is 19.4. The Morgan fingerprint density at radius 3 is 2.60 bits per heavy atom. The van der Waals surface area contributed by atoms with Crippen LogP contribution in [0.1, 0.15) is 54.4 Å². The van der Waals surface area contributed by atoms with Crippen LogP contribution in [0.3, 0.4) is 0 Å². The first-order valence-electron chi connectivity index (χ1n) is 14.0. The first kappa shape index (κ1) is 25.7. The second-order valence-electron chi connectivity index (χ2n) is 12.1. The van der Waals surface area contributed by atoms with Crippen molar-refractivity contribution in [3.63, 3.8) is 0 Å². The Balaban J connectivity index is 1.20. The zero-order chi connectivity index (χ0) is 28.0. The molecule has 9 heteroatoms. The summed E-state index contributed by atoms with van der Waals surface area (Å²) in [6.07, 6.45) is -0.180. The average molecular weight is 553 g/mol. The minimum atomic E-state index is -4.44. The number of amides is 1. The second kappa shape index (κ2) is 8.64. The molecule has 2 saturated carbocycles. The van der Waals surface area contributed by atoms with Gasteiger partial charge in [-0.3, -0.25) is 9.69 Å². The quantitative estimate of drug-likeness (QED) is 0.566. The fourth-order valence-electron chi connectivity index (χ4n) is 7.96. The number of halogens is 3. The van der Waals surface area contributed by atoms with Crippen LogP contribution in [0.15, 0.2) is 36.4 Å². The summed E-state index contributed by atoms with van der Waals surface area (Å²) in [5.74, 6) is 5.94. The maximum absolute atomic E-state index is 13.3. The van der Waals surface area contributed by atoms with Gasteiger partial charge >= 0.3 is 6.18 Å². The summed E-state index contributed by atoms with van der Waals surface area (Å²) in [4.78, 5) is 17.3. The summed E-state index contributed by atoms with van der Waals surface area (Å²) in [5, 5.41) is 23.4. The van der Waals surface area contributed by atoms with E-state index in [1.54, 1.807) is 18.0 Å². The molecule has 2 bridgehead atoms. The molecule has 6 nitrogen and oxygen atoms in total. The van der Waals surface area contributed by atoms with Crippen LogP contribution in [0.2, 0.25) is 0 Å². The lowest BCUT2D eigenvalue weighted by molar-refractivity contribution is -0.199. The number of nitrogens with zero attached hydrogens (tertiary/aromatic N) is 2. The number of likely N-dealkylation sites (tertiary alicyclic amines) is 1. The number of hydrogen-bond donors (Lipinski definition) is 2. The minimum Gasteiger partial charge on any atom is -0.504 e. The highest BCUT2D eigenvalue weighted by Gasteiger charge is 2.73. The lowest BCUT2D eigenvalue weighted by Crippen LogP contribution is -2.78. The third kappa shape index (κ3) is 3.61. The molecule has 40 heavy (non-hydrogen) atoms. The van der Waals surface area contributed by atoms with Crippen molar-refractivity contribution < 1.29 is 32.9 Å². The molecule has 1 saturated heterocycles. The summed E-state index contributed by atoms with van der Waals surface area (Å²) >= 11 is 0. The Labute approximate surface area is 230 Å². The van der Waals surface area contributed by atoms with Crippen LogP contribution in [-0.2, 0) is 22.8 Å². The predicted octanol–water partition coefficient (Wildman–Crippen LogP) is 3.85. The van der Waals surface area contributed by atoms with Crippen LogP contribution in [0.25, 0.3) is 0 Å². The number of carbonyl (C=O) groups excluding carboxylic acids is 1. The van der Waals surface area contributed by atoms with Gasteiger partial charge in [-0.05, 0) is 86.9 Å². The van der Waals surface area contributed by atoms with E-state index in [-0.39, 0.29) is 11.8 Å². The van der Waals surface area contributed by atoms with Crippen LogP contribution in [0.5, 0.6) is 11.5 Å². The van der Waals surface area contributed by atoms with Gasteiger partial charge in [0.05, 0.1) is 22.6 Å². The lowest BCUT2D eigenvalue weighted by atomic mass is 9.48. The Bertz CT molecular complexity index is 1440. The van der Waals surface area contributed by atoms with E-state index in [0.717, 1.165) is 36.3 Å². The van der Waals surface area contributed by atoms with Gasteiger partial charge in [0.2, 0.25) is 0 Å². The highest BCUT2D eigenvalue weighted by Crippen LogP contribution is 2.66. The molecule has 2 heterocycles. The zero-order valence-electron chi connectivity index (χ0n) is 22.2. The smallest absolute Gasteiger partial charge is 0.416 e. The molecule has 3 aliphatic carbocycles. The van der Waals surface area contributed by atoms with E-state index in [9.17, 15) is 28.2 Å². The molecule has 0 unspecified atom stereocenters. The van der Waals surface area contributed by atoms with Gasteiger partial charge in [-0.15, -0.1) is 0 Å². The van der Waals surface area contributed by atoms with E-state index in [1.807, 2.05) is 6.07 Å². The number of phenols is 1. The van der Waals surface area contributed by atoms with Gasteiger partial charge in [0, 0.05) is 36.7 Å². The van der Waals surface area contributed by atoms with Crippen LogP contribution in [-0.4, -0.2) is 69.8 Å². The number of carbonyl (C=O) groups is 1. The van der Waals surface area contributed by atoms with E-state index in [0.29, 0.717) is 42.9 Å². The summed E-state index contributed by atoms with van der Waals surface area (Å²) in [5.41, 5.74) is -0.291. The predicted molar refractivity (Wildman–Crippen MR) is 140 cm³/mol. The molecule has 210 valence electrons. The fraction of sp³-hybridized carbons (Fsp3) is 0.516. The van der Waals surface area contributed by atoms with Crippen LogP contribution in [0.4, 0.5) is 13.2 Å². The topological polar surface area (TPSA) is 73.2 Å². The Morgan fingerprint density at radius 1 is 1.15 bits per heavy atom. The van der Waals surface area contributed by atoms with Crippen molar-refractivity contribution in [1.29, 1.82) is 0 Å². The normalized spacial score (nSPS) is 32.0. The van der Waals surface area contributed by atoms with Crippen molar-refractivity contribution in [2.45, 2.75) is 73.9 Å². The van der Waals surface area contributed by atoms with Gasteiger partial charge in [0.15, 0.2) is 11.5 Å². The number of hydrogen-bond acceptors (Lipinski definition) is 5. The molecule has 5 atom stereocenters. The maximum atomic E-state index is 13.3. The number of alkyl halides is 3. The van der Waals surface area contributed by atoms with Gasteiger partial charge in [-0.1, -0.05) is 12.0 Å².